The maximum Gasteiger partial charge on any atom is 0.500 e. The first-order valence-electron chi connectivity index (χ1n) is 6.30. The Morgan fingerprint density at radius 2 is 1.94 bits per heavy atom. The molecule has 1 fully saturated rings. The second kappa shape index (κ2) is 8.03. The fraction of sp³-hybridized carbons (Fsp3) is 0.833. The summed E-state index contributed by atoms with van der Waals surface area (Å²) in [4.78, 5) is 2.34. The minimum absolute atomic E-state index is 0.416. The maximum absolute atomic E-state index is 5.40. The summed E-state index contributed by atoms with van der Waals surface area (Å²) < 4.78 is 21.5. The van der Waals surface area contributed by atoms with E-state index in [0.29, 0.717) is 6.10 Å². The van der Waals surface area contributed by atoms with Crippen LogP contribution in [0, 0.1) is 0 Å². The molecule has 0 aromatic rings. The maximum atomic E-state index is 5.40. The van der Waals surface area contributed by atoms with Crippen LogP contribution in [0.1, 0.15) is 6.42 Å². The molecule has 6 heteroatoms. The van der Waals surface area contributed by atoms with Gasteiger partial charge in [0.2, 0.25) is 0 Å². The lowest BCUT2D eigenvalue weighted by Crippen LogP contribution is -2.43. The van der Waals surface area contributed by atoms with Gasteiger partial charge in [0.25, 0.3) is 0 Å². The van der Waals surface area contributed by atoms with Gasteiger partial charge in [0.15, 0.2) is 0 Å². The van der Waals surface area contributed by atoms with Crippen LogP contribution in [-0.2, 0) is 18.0 Å². The fourth-order valence-corrected chi connectivity index (χ4v) is 3.68. The molecule has 1 atom stereocenters. The molecule has 0 N–H and O–H groups in total. The van der Waals surface area contributed by atoms with Crippen molar-refractivity contribution in [1.82, 2.24) is 4.90 Å². The summed E-state index contributed by atoms with van der Waals surface area (Å²) >= 11 is 0. The van der Waals surface area contributed by atoms with E-state index in [1.807, 2.05) is 6.08 Å². The van der Waals surface area contributed by atoms with Crippen LogP contribution in [0.4, 0.5) is 0 Å². The molecule has 1 heterocycles. The Hall–Kier alpha value is -0.243. The summed E-state index contributed by atoms with van der Waals surface area (Å²) in [6.45, 7) is 7.53. The highest BCUT2D eigenvalue weighted by Crippen LogP contribution is 2.16. The summed E-state index contributed by atoms with van der Waals surface area (Å²) in [7, 11) is 2.54. The van der Waals surface area contributed by atoms with Gasteiger partial charge in [0, 0.05) is 40.5 Å². The van der Waals surface area contributed by atoms with E-state index in [9.17, 15) is 0 Å². The zero-order valence-electron chi connectivity index (χ0n) is 11.7. The van der Waals surface area contributed by atoms with Crippen molar-refractivity contribution in [2.24, 2.45) is 0 Å². The fourth-order valence-electron chi connectivity index (χ4n) is 1.98. The van der Waals surface area contributed by atoms with E-state index >= 15 is 0 Å². The minimum atomic E-state index is -2.42. The molecule has 0 aromatic heterocycles. The van der Waals surface area contributed by atoms with Crippen LogP contribution < -0.4 is 0 Å². The van der Waals surface area contributed by atoms with Crippen LogP contribution in [0.5, 0.6) is 0 Å². The molecule has 0 aliphatic carbocycles. The molecule has 1 aliphatic rings. The van der Waals surface area contributed by atoms with Gasteiger partial charge in [-0.2, -0.15) is 0 Å². The Morgan fingerprint density at radius 1 is 1.33 bits per heavy atom. The molecule has 106 valence electrons. The first-order chi connectivity index (χ1) is 8.69. The molecule has 0 spiro atoms. The lowest BCUT2D eigenvalue weighted by molar-refractivity contribution is 0.121. The number of ether oxygens (including phenoxy) is 1. The van der Waals surface area contributed by atoms with Crippen molar-refractivity contribution >= 4 is 8.80 Å². The minimum Gasteiger partial charge on any atom is -0.377 e. The molecule has 0 bridgehead atoms. The number of epoxide rings is 1. The highest BCUT2D eigenvalue weighted by Gasteiger charge is 2.37. The first kappa shape index (κ1) is 15.8. The van der Waals surface area contributed by atoms with Crippen molar-refractivity contribution in [2.75, 3.05) is 47.6 Å². The van der Waals surface area contributed by atoms with Gasteiger partial charge in [-0.15, -0.1) is 6.58 Å². The number of hydrogen-bond acceptors (Lipinski definition) is 5. The highest BCUT2D eigenvalue weighted by molar-refractivity contribution is 6.60. The monoisotopic (exact) mass is 275 g/mol. The van der Waals surface area contributed by atoms with E-state index in [2.05, 4.69) is 11.5 Å². The lowest BCUT2D eigenvalue weighted by Gasteiger charge is -2.26. The molecule has 1 saturated heterocycles. The largest absolute Gasteiger partial charge is 0.500 e. The summed E-state index contributed by atoms with van der Waals surface area (Å²) in [5.41, 5.74) is 0. The zero-order valence-corrected chi connectivity index (χ0v) is 12.7. The van der Waals surface area contributed by atoms with Gasteiger partial charge in [-0.05, 0) is 13.0 Å². The van der Waals surface area contributed by atoms with E-state index in [-0.39, 0.29) is 0 Å². The predicted molar refractivity (Wildman–Crippen MR) is 72.6 cm³/mol. The van der Waals surface area contributed by atoms with E-state index < -0.39 is 8.80 Å². The van der Waals surface area contributed by atoms with Gasteiger partial charge in [-0.25, -0.2) is 0 Å². The molecule has 1 unspecified atom stereocenters. The number of rotatable bonds is 11. The van der Waals surface area contributed by atoms with Crippen LogP contribution in [0.3, 0.4) is 0 Å². The number of nitrogens with zero attached hydrogens (tertiary/aromatic N) is 1. The Balaban J connectivity index is 2.29. The van der Waals surface area contributed by atoms with E-state index in [1.54, 1.807) is 21.3 Å². The van der Waals surface area contributed by atoms with Crippen LogP contribution in [0.2, 0.25) is 6.04 Å². The van der Waals surface area contributed by atoms with Crippen LogP contribution >= 0.6 is 0 Å². The molecule has 0 amide bonds. The van der Waals surface area contributed by atoms with Crippen molar-refractivity contribution in [3.8, 4) is 0 Å². The van der Waals surface area contributed by atoms with Crippen LogP contribution in [-0.4, -0.2) is 67.4 Å². The van der Waals surface area contributed by atoms with Crippen molar-refractivity contribution in [3.05, 3.63) is 12.7 Å². The predicted octanol–water partition coefficient (Wildman–Crippen LogP) is 1.14. The summed E-state index contributed by atoms with van der Waals surface area (Å²) in [5, 5.41) is 0. The van der Waals surface area contributed by atoms with Gasteiger partial charge < -0.3 is 18.0 Å². The van der Waals surface area contributed by atoms with E-state index in [4.69, 9.17) is 18.0 Å². The average Bonchev–Trinajstić information content (AvgIpc) is 3.19. The molecule has 18 heavy (non-hydrogen) atoms. The Kier molecular flexibility index (Phi) is 7.06. The molecular weight excluding hydrogens is 250 g/mol. The van der Waals surface area contributed by atoms with Gasteiger partial charge in [0.1, 0.15) is 0 Å². The Morgan fingerprint density at radius 3 is 2.39 bits per heavy atom. The number of hydrogen-bond donors (Lipinski definition) is 0. The third-order valence-corrected chi connectivity index (χ3v) is 5.97. The standard InChI is InChI=1S/C12H25NO4Si/c1-5-7-13(10-12-11-17-12)8-6-9-18(14-2,15-3)16-4/h5,12H,1,6-11H2,2-4H3. The van der Waals surface area contributed by atoms with Crippen molar-refractivity contribution in [3.63, 3.8) is 0 Å². The zero-order chi connectivity index (χ0) is 13.4. The van der Waals surface area contributed by atoms with Crippen molar-refractivity contribution < 1.29 is 18.0 Å². The third-order valence-electron chi connectivity index (χ3n) is 3.14. The molecule has 1 aliphatic heterocycles. The Labute approximate surface area is 111 Å². The molecule has 0 saturated carbocycles. The smallest absolute Gasteiger partial charge is 0.377 e. The van der Waals surface area contributed by atoms with E-state index in [0.717, 1.165) is 38.7 Å². The third kappa shape index (κ3) is 5.17. The van der Waals surface area contributed by atoms with Gasteiger partial charge in [-0.1, -0.05) is 6.08 Å². The summed E-state index contributed by atoms with van der Waals surface area (Å²) in [5.74, 6) is 0. The van der Waals surface area contributed by atoms with Gasteiger partial charge >= 0.3 is 8.80 Å². The molecule has 1 rings (SSSR count). The summed E-state index contributed by atoms with van der Waals surface area (Å²) in [6.07, 6.45) is 3.33. The average molecular weight is 275 g/mol. The lowest BCUT2D eigenvalue weighted by atomic mass is 10.3. The quantitative estimate of drug-likeness (QED) is 0.321. The van der Waals surface area contributed by atoms with Crippen molar-refractivity contribution in [2.45, 2.75) is 18.6 Å². The van der Waals surface area contributed by atoms with Gasteiger partial charge in [0.05, 0.1) is 12.7 Å². The van der Waals surface area contributed by atoms with Crippen LogP contribution in [0.25, 0.3) is 0 Å². The van der Waals surface area contributed by atoms with Crippen LogP contribution in [0.15, 0.2) is 12.7 Å². The van der Waals surface area contributed by atoms with Gasteiger partial charge in [-0.3, -0.25) is 4.90 Å². The second-order valence-corrected chi connectivity index (χ2v) is 7.49. The van der Waals surface area contributed by atoms with E-state index in [1.165, 1.54) is 0 Å². The molecular formula is C12H25NO4Si. The molecule has 0 radical (unpaired) electrons. The van der Waals surface area contributed by atoms with Crippen molar-refractivity contribution in [1.29, 1.82) is 0 Å². The second-order valence-electron chi connectivity index (χ2n) is 4.40. The SMILES string of the molecule is C=CCN(CCC[Si](OC)(OC)OC)CC1CO1. The topological polar surface area (TPSA) is 43.5 Å². The highest BCUT2D eigenvalue weighted by atomic mass is 28.4. The Bertz CT molecular complexity index is 236. The normalized spacial score (nSPS) is 19.2. The molecule has 5 nitrogen and oxygen atoms in total. The molecule has 0 aromatic carbocycles. The first-order valence-corrected chi connectivity index (χ1v) is 8.23. The summed E-state index contributed by atoms with van der Waals surface area (Å²) in [6, 6.07) is 0.829.